The van der Waals surface area contributed by atoms with Crippen LogP contribution in [0.2, 0.25) is 0 Å². The lowest BCUT2D eigenvalue weighted by molar-refractivity contribution is -0.0634. The predicted molar refractivity (Wildman–Crippen MR) is 73.8 cm³/mol. The fourth-order valence-electron chi connectivity index (χ4n) is 2.08. The number of allylic oxidation sites excluding steroid dienone is 2. The Labute approximate surface area is 111 Å². The Hall–Kier alpha value is -1.26. The van der Waals surface area contributed by atoms with Crippen molar-refractivity contribution in [3.63, 3.8) is 0 Å². The highest BCUT2D eigenvalue weighted by Crippen LogP contribution is 2.27. The maximum absolute atomic E-state index is 5.68. The molecule has 1 unspecified atom stereocenters. The summed E-state index contributed by atoms with van der Waals surface area (Å²) < 4.78 is 16.7. The Kier molecular flexibility index (Phi) is 4.84. The van der Waals surface area contributed by atoms with Crippen LogP contribution >= 0.6 is 0 Å². The average molecular weight is 264 g/mol. The van der Waals surface area contributed by atoms with Gasteiger partial charge in [0.25, 0.3) is 0 Å². The predicted octanol–water partition coefficient (Wildman–Crippen LogP) is 2.43. The van der Waals surface area contributed by atoms with Gasteiger partial charge in [-0.2, -0.15) is 0 Å². The van der Waals surface area contributed by atoms with Crippen LogP contribution in [0, 0.1) is 0 Å². The van der Waals surface area contributed by atoms with Crippen LogP contribution in [0.3, 0.4) is 0 Å². The molecule has 1 aliphatic carbocycles. The molecule has 0 saturated carbocycles. The summed E-state index contributed by atoms with van der Waals surface area (Å²) in [6.45, 7) is 2.33. The van der Waals surface area contributed by atoms with Crippen LogP contribution < -0.4 is 0 Å². The van der Waals surface area contributed by atoms with Crippen molar-refractivity contribution in [3.8, 4) is 0 Å². The average Bonchev–Trinajstić information content (AvgIpc) is 2.87. The Morgan fingerprint density at radius 2 is 1.89 bits per heavy atom. The van der Waals surface area contributed by atoms with E-state index < -0.39 is 0 Å². The van der Waals surface area contributed by atoms with Crippen molar-refractivity contribution < 1.29 is 13.9 Å². The minimum Gasteiger partial charge on any atom is -0.554 e. The molecule has 1 atom stereocenters. The standard InChI is InChI=1S/C14H20O3Si/c1-11(12-6-3-2-4-7-12)15-10-16-13-8-5-9-14(13)17-18/h2-4,6-7,11H,5,8-10H2,1,18H3. The first-order valence-corrected chi connectivity index (χ1v) is 7.18. The first kappa shape index (κ1) is 13.2. The van der Waals surface area contributed by atoms with Gasteiger partial charge in [0.15, 0.2) is 6.79 Å². The molecule has 1 aromatic carbocycles. The quantitative estimate of drug-likeness (QED) is 0.583. The monoisotopic (exact) mass is 264 g/mol. The smallest absolute Gasteiger partial charge is 0.203 e. The minimum absolute atomic E-state index is 0.0496. The van der Waals surface area contributed by atoms with Gasteiger partial charge in [0.1, 0.15) is 11.5 Å². The van der Waals surface area contributed by atoms with Crippen molar-refractivity contribution in [2.24, 2.45) is 0 Å². The fourth-order valence-corrected chi connectivity index (χ4v) is 2.52. The van der Waals surface area contributed by atoms with Crippen molar-refractivity contribution in [3.05, 3.63) is 47.4 Å². The molecule has 0 fully saturated rings. The minimum atomic E-state index is 0.0496. The van der Waals surface area contributed by atoms with E-state index in [1.165, 1.54) is 5.56 Å². The zero-order valence-corrected chi connectivity index (χ0v) is 13.0. The molecule has 1 aliphatic rings. The van der Waals surface area contributed by atoms with Crippen LogP contribution in [0.15, 0.2) is 41.9 Å². The molecule has 0 radical (unpaired) electrons. The van der Waals surface area contributed by atoms with Crippen LogP contribution in [-0.4, -0.2) is 17.3 Å². The van der Waals surface area contributed by atoms with Crippen LogP contribution in [-0.2, 0) is 13.9 Å². The Morgan fingerprint density at radius 1 is 1.17 bits per heavy atom. The molecule has 0 aliphatic heterocycles. The zero-order chi connectivity index (χ0) is 12.8. The maximum atomic E-state index is 5.68. The lowest BCUT2D eigenvalue weighted by Gasteiger charge is -2.15. The molecule has 98 valence electrons. The molecular formula is C14H20O3Si. The second-order valence-corrected chi connectivity index (χ2v) is 4.79. The molecule has 0 heterocycles. The molecule has 4 heteroatoms. The second kappa shape index (κ2) is 6.61. The van der Waals surface area contributed by atoms with Crippen molar-refractivity contribution in [2.45, 2.75) is 32.3 Å². The van der Waals surface area contributed by atoms with E-state index in [0.29, 0.717) is 6.79 Å². The molecule has 0 amide bonds. The van der Waals surface area contributed by atoms with Gasteiger partial charge in [-0.25, -0.2) is 0 Å². The molecule has 0 saturated heterocycles. The number of benzene rings is 1. The number of rotatable bonds is 6. The van der Waals surface area contributed by atoms with Gasteiger partial charge in [-0.05, 0) is 18.9 Å². The molecule has 0 aromatic heterocycles. The van der Waals surface area contributed by atoms with Crippen LogP contribution in [0.5, 0.6) is 0 Å². The third kappa shape index (κ3) is 3.37. The first-order chi connectivity index (χ1) is 8.81. The Balaban J connectivity index is 1.79. The Bertz CT molecular complexity index is 403. The van der Waals surface area contributed by atoms with E-state index in [0.717, 1.165) is 41.3 Å². The van der Waals surface area contributed by atoms with Gasteiger partial charge in [-0.1, -0.05) is 30.3 Å². The number of hydrogen-bond acceptors (Lipinski definition) is 3. The molecule has 2 rings (SSSR count). The number of ether oxygens (including phenoxy) is 2. The zero-order valence-electron chi connectivity index (χ0n) is 11.0. The molecule has 18 heavy (non-hydrogen) atoms. The normalized spacial score (nSPS) is 16.9. The largest absolute Gasteiger partial charge is 0.554 e. The molecule has 0 spiro atoms. The summed E-state index contributed by atoms with van der Waals surface area (Å²) >= 11 is 0. The summed E-state index contributed by atoms with van der Waals surface area (Å²) in [4.78, 5) is 0. The highest BCUT2D eigenvalue weighted by molar-refractivity contribution is 5.98. The third-order valence-corrected chi connectivity index (χ3v) is 3.68. The SMILES string of the molecule is CC(OCOC1=C(O[SiH3])CCC1)c1ccccc1. The highest BCUT2D eigenvalue weighted by Gasteiger charge is 2.16. The van der Waals surface area contributed by atoms with Crippen LogP contribution in [0.1, 0.15) is 37.9 Å². The van der Waals surface area contributed by atoms with Crippen molar-refractivity contribution in [2.75, 3.05) is 6.79 Å². The molecular weight excluding hydrogens is 244 g/mol. The van der Waals surface area contributed by atoms with Gasteiger partial charge in [0, 0.05) is 12.8 Å². The summed E-state index contributed by atoms with van der Waals surface area (Å²) in [5.41, 5.74) is 1.17. The molecule has 1 aromatic rings. The second-order valence-electron chi connectivity index (χ2n) is 4.39. The lowest BCUT2D eigenvalue weighted by atomic mass is 10.1. The lowest BCUT2D eigenvalue weighted by Crippen LogP contribution is -2.05. The third-order valence-electron chi connectivity index (χ3n) is 3.19. The Morgan fingerprint density at radius 3 is 2.61 bits per heavy atom. The van der Waals surface area contributed by atoms with Gasteiger partial charge in [0.05, 0.1) is 6.10 Å². The fraction of sp³-hybridized carbons (Fsp3) is 0.429. The summed E-state index contributed by atoms with van der Waals surface area (Å²) in [5.74, 6) is 2.00. The van der Waals surface area contributed by atoms with E-state index in [1.54, 1.807) is 0 Å². The summed E-state index contributed by atoms with van der Waals surface area (Å²) in [7, 11) is 0.726. The summed E-state index contributed by atoms with van der Waals surface area (Å²) in [6.07, 6.45) is 3.16. The van der Waals surface area contributed by atoms with E-state index >= 15 is 0 Å². The van der Waals surface area contributed by atoms with E-state index in [2.05, 4.69) is 12.1 Å². The van der Waals surface area contributed by atoms with Gasteiger partial charge in [-0.3, -0.25) is 0 Å². The van der Waals surface area contributed by atoms with Gasteiger partial charge in [-0.15, -0.1) is 0 Å². The van der Waals surface area contributed by atoms with E-state index in [4.69, 9.17) is 13.9 Å². The van der Waals surface area contributed by atoms with Gasteiger partial charge < -0.3 is 13.9 Å². The highest BCUT2D eigenvalue weighted by atomic mass is 28.2. The van der Waals surface area contributed by atoms with Gasteiger partial charge in [0.2, 0.25) is 10.5 Å². The van der Waals surface area contributed by atoms with Crippen LogP contribution in [0.4, 0.5) is 0 Å². The van der Waals surface area contributed by atoms with Crippen molar-refractivity contribution in [1.82, 2.24) is 0 Å². The number of hydrogen-bond donors (Lipinski definition) is 0. The van der Waals surface area contributed by atoms with Crippen LogP contribution in [0.25, 0.3) is 0 Å². The van der Waals surface area contributed by atoms with E-state index in [-0.39, 0.29) is 6.10 Å². The van der Waals surface area contributed by atoms with Gasteiger partial charge >= 0.3 is 0 Å². The first-order valence-electron chi connectivity index (χ1n) is 6.36. The maximum Gasteiger partial charge on any atom is 0.203 e. The molecule has 0 N–H and O–H groups in total. The summed E-state index contributed by atoms with van der Waals surface area (Å²) in [6, 6.07) is 10.2. The van der Waals surface area contributed by atoms with E-state index in [9.17, 15) is 0 Å². The molecule has 3 nitrogen and oxygen atoms in total. The molecule has 0 bridgehead atoms. The summed E-state index contributed by atoms with van der Waals surface area (Å²) in [5, 5.41) is 0. The van der Waals surface area contributed by atoms with Crippen molar-refractivity contribution >= 4 is 10.5 Å². The van der Waals surface area contributed by atoms with Crippen molar-refractivity contribution in [1.29, 1.82) is 0 Å². The van der Waals surface area contributed by atoms with E-state index in [1.807, 2.05) is 25.1 Å². The topological polar surface area (TPSA) is 27.7 Å².